The van der Waals surface area contributed by atoms with Crippen molar-refractivity contribution in [1.82, 2.24) is 10.6 Å². The van der Waals surface area contributed by atoms with Gasteiger partial charge in [-0.25, -0.2) is 0 Å². The van der Waals surface area contributed by atoms with E-state index in [0.29, 0.717) is 32.2 Å². The second-order valence-corrected chi connectivity index (χ2v) is 12.4. The van der Waals surface area contributed by atoms with E-state index in [1.165, 1.54) is 19.2 Å². The Morgan fingerprint density at radius 3 is 2.48 bits per heavy atom. The van der Waals surface area contributed by atoms with Crippen LogP contribution in [-0.4, -0.2) is 42.1 Å². The molecule has 0 spiro atoms. The maximum atomic E-state index is 13.7. The normalized spacial score (nSPS) is 28.0. The lowest BCUT2D eigenvalue weighted by molar-refractivity contribution is -0.150. The van der Waals surface area contributed by atoms with E-state index in [1.54, 1.807) is 6.92 Å². The predicted molar refractivity (Wildman–Crippen MR) is 155 cm³/mol. The number of carboxylic acid groups (broad SMARTS) is 1. The van der Waals surface area contributed by atoms with Gasteiger partial charge in [-0.2, -0.15) is 5.26 Å². The van der Waals surface area contributed by atoms with E-state index in [0.717, 1.165) is 30.4 Å². The topological polar surface area (TPSA) is 138 Å². The number of methoxy groups -OCH3 is 1. The molecule has 4 atom stereocenters. The highest BCUT2D eigenvalue weighted by atomic mass is 16.5. The number of hydrogen-bond acceptors (Lipinski definition) is 6. The number of fused-ring (bicyclic) bond motifs is 2. The van der Waals surface area contributed by atoms with Gasteiger partial charge in [0.25, 0.3) is 5.91 Å². The zero-order valence-corrected chi connectivity index (χ0v) is 24.4. The fourth-order valence-electron chi connectivity index (χ4n) is 7.07. The van der Waals surface area contributed by atoms with Gasteiger partial charge in [-0.05, 0) is 82.3 Å². The second kappa shape index (κ2) is 12.0. The Kier molecular flexibility index (Phi) is 8.44. The van der Waals surface area contributed by atoms with Crippen molar-refractivity contribution in [3.63, 3.8) is 0 Å². The lowest BCUT2D eigenvalue weighted by Crippen LogP contribution is -2.49. The molecule has 4 unspecified atom stereocenters. The van der Waals surface area contributed by atoms with Gasteiger partial charge >= 0.3 is 5.97 Å². The number of aliphatic carboxylic acids is 1. The van der Waals surface area contributed by atoms with Crippen LogP contribution in [-0.2, 0) is 16.1 Å². The van der Waals surface area contributed by atoms with Crippen LogP contribution in [0.1, 0.15) is 78.9 Å². The van der Waals surface area contributed by atoms with Crippen LogP contribution in [0, 0.1) is 41.4 Å². The maximum Gasteiger partial charge on any atom is 0.309 e. The summed E-state index contributed by atoms with van der Waals surface area (Å²) < 4.78 is 11.7. The first-order valence-electron chi connectivity index (χ1n) is 14.8. The van der Waals surface area contributed by atoms with Gasteiger partial charge in [-0.15, -0.1) is 0 Å². The van der Waals surface area contributed by atoms with Gasteiger partial charge in [0.2, 0.25) is 5.91 Å². The number of aryl methyl sites for hydroxylation is 1. The summed E-state index contributed by atoms with van der Waals surface area (Å²) in [7, 11) is 1.45. The quantitative estimate of drug-likeness (QED) is 0.394. The van der Waals surface area contributed by atoms with Gasteiger partial charge in [-0.1, -0.05) is 29.8 Å². The number of nitrogens with one attached hydrogen (secondary N) is 2. The first-order chi connectivity index (χ1) is 20.1. The van der Waals surface area contributed by atoms with Crippen molar-refractivity contribution in [1.29, 1.82) is 5.26 Å². The number of nitriles is 1. The van der Waals surface area contributed by atoms with E-state index in [9.17, 15) is 24.8 Å². The van der Waals surface area contributed by atoms with E-state index in [-0.39, 0.29) is 64.3 Å². The molecule has 0 heterocycles. The molecule has 9 heteroatoms. The minimum atomic E-state index is -0.815. The van der Waals surface area contributed by atoms with E-state index < -0.39 is 11.4 Å². The summed E-state index contributed by atoms with van der Waals surface area (Å²) in [5.74, 6) is -0.585. The van der Waals surface area contributed by atoms with Gasteiger partial charge in [0.05, 0.1) is 35.7 Å². The molecule has 9 nitrogen and oxygen atoms in total. The molecule has 0 saturated heterocycles. The Balaban J connectivity index is 1.31. The number of rotatable bonds is 9. The van der Waals surface area contributed by atoms with Crippen molar-refractivity contribution in [2.75, 3.05) is 7.11 Å². The SMILES string of the molecule is COc1cc(C#N)c(OC2CCC(C)(C(=O)O)CC2)cc1C(=O)NC1C2CCC(C2)C1C(=O)NCc1cccc(C)c1. The lowest BCUT2D eigenvalue weighted by Gasteiger charge is -2.34. The Morgan fingerprint density at radius 2 is 1.81 bits per heavy atom. The minimum absolute atomic E-state index is 0.0459. The van der Waals surface area contributed by atoms with Crippen molar-refractivity contribution in [2.24, 2.45) is 23.2 Å². The standard InChI is InChI=1S/C33H39N3O6/c1-19-5-4-6-20(13-19)18-35-31(38)28-21-7-8-22(14-21)29(28)36-30(37)25-16-26(23(17-34)15-27(25)41-3)42-24-9-11-33(2,12-10-24)32(39)40/h4-6,13,15-16,21-22,24,28-29H,7-12,14,18H2,1-3H3,(H,35,38)(H,36,37)(H,39,40). The molecule has 3 N–H and O–H groups in total. The Morgan fingerprint density at radius 1 is 1.07 bits per heavy atom. The monoisotopic (exact) mass is 573 g/mol. The maximum absolute atomic E-state index is 13.7. The van der Waals surface area contributed by atoms with Gasteiger partial charge < -0.3 is 25.2 Å². The summed E-state index contributed by atoms with van der Waals surface area (Å²) >= 11 is 0. The summed E-state index contributed by atoms with van der Waals surface area (Å²) in [6.07, 6.45) is 4.58. The van der Waals surface area contributed by atoms with Gasteiger partial charge in [-0.3, -0.25) is 14.4 Å². The lowest BCUT2D eigenvalue weighted by atomic mass is 9.75. The molecular weight excluding hydrogens is 534 g/mol. The average Bonchev–Trinajstić information content (AvgIpc) is 3.59. The summed E-state index contributed by atoms with van der Waals surface area (Å²) in [5, 5.41) is 25.6. The van der Waals surface area contributed by atoms with Crippen molar-refractivity contribution in [3.8, 4) is 17.6 Å². The second-order valence-electron chi connectivity index (χ2n) is 12.4. The third-order valence-corrected chi connectivity index (χ3v) is 9.58. The zero-order valence-electron chi connectivity index (χ0n) is 24.4. The molecule has 2 bridgehead atoms. The summed E-state index contributed by atoms with van der Waals surface area (Å²) in [6.45, 7) is 4.20. The van der Waals surface area contributed by atoms with E-state index in [4.69, 9.17) is 9.47 Å². The molecule has 0 radical (unpaired) electrons. The first kappa shape index (κ1) is 29.4. The summed E-state index contributed by atoms with van der Waals surface area (Å²) in [4.78, 5) is 38.8. The van der Waals surface area contributed by atoms with Crippen molar-refractivity contribution in [2.45, 2.75) is 77.5 Å². The highest BCUT2D eigenvalue weighted by Crippen LogP contribution is 2.49. The highest BCUT2D eigenvalue weighted by Gasteiger charge is 2.51. The van der Waals surface area contributed by atoms with Crippen LogP contribution in [0.5, 0.6) is 11.5 Å². The summed E-state index contributed by atoms with van der Waals surface area (Å²) in [6, 6.07) is 12.9. The Labute approximate surface area is 246 Å². The van der Waals surface area contributed by atoms with Crippen molar-refractivity contribution >= 4 is 17.8 Å². The fraction of sp³-hybridized carbons (Fsp3) is 0.515. The highest BCUT2D eigenvalue weighted by molar-refractivity contribution is 5.98. The first-order valence-corrected chi connectivity index (χ1v) is 14.8. The van der Waals surface area contributed by atoms with Crippen LogP contribution in [0.4, 0.5) is 0 Å². The van der Waals surface area contributed by atoms with E-state index >= 15 is 0 Å². The molecule has 222 valence electrons. The molecule has 42 heavy (non-hydrogen) atoms. The molecule has 0 aromatic heterocycles. The zero-order chi connectivity index (χ0) is 30.0. The number of carboxylic acids is 1. The molecule has 5 rings (SSSR count). The van der Waals surface area contributed by atoms with Gasteiger partial charge in [0, 0.05) is 18.7 Å². The van der Waals surface area contributed by atoms with E-state index in [1.807, 2.05) is 25.1 Å². The number of ether oxygens (including phenoxy) is 2. The molecule has 0 aliphatic heterocycles. The Bertz CT molecular complexity index is 1410. The van der Waals surface area contributed by atoms with Gasteiger partial charge in [0.1, 0.15) is 17.6 Å². The minimum Gasteiger partial charge on any atom is -0.496 e. The van der Waals surface area contributed by atoms with Crippen LogP contribution in [0.15, 0.2) is 36.4 Å². The molecule has 2 aromatic carbocycles. The predicted octanol–water partition coefficient (Wildman–Crippen LogP) is 4.75. The molecule has 3 aliphatic carbocycles. The number of nitrogens with zero attached hydrogens (tertiary/aromatic N) is 1. The molecule has 2 amide bonds. The van der Waals surface area contributed by atoms with Crippen molar-refractivity contribution < 1.29 is 29.0 Å². The number of carbonyl (C=O) groups excluding carboxylic acids is 2. The van der Waals surface area contributed by atoms with E-state index in [2.05, 4.69) is 22.8 Å². The summed E-state index contributed by atoms with van der Waals surface area (Å²) in [5.41, 5.74) is 1.86. The number of amides is 2. The molecule has 3 saturated carbocycles. The van der Waals surface area contributed by atoms with Crippen LogP contribution in [0.2, 0.25) is 0 Å². The third kappa shape index (κ3) is 5.94. The molecule has 3 aliphatic rings. The molecule has 3 fully saturated rings. The van der Waals surface area contributed by atoms with Crippen LogP contribution in [0.25, 0.3) is 0 Å². The molecule has 2 aromatic rings. The van der Waals surface area contributed by atoms with Crippen molar-refractivity contribution in [3.05, 3.63) is 58.7 Å². The smallest absolute Gasteiger partial charge is 0.309 e. The number of benzene rings is 2. The van der Waals surface area contributed by atoms with Crippen LogP contribution in [0.3, 0.4) is 0 Å². The number of hydrogen-bond donors (Lipinski definition) is 3. The molecular formula is C33H39N3O6. The van der Waals surface area contributed by atoms with Crippen LogP contribution >= 0.6 is 0 Å². The Hall–Kier alpha value is -4.06. The van der Waals surface area contributed by atoms with Crippen LogP contribution < -0.4 is 20.1 Å². The third-order valence-electron chi connectivity index (χ3n) is 9.58. The number of carbonyl (C=O) groups is 3. The average molecular weight is 574 g/mol. The largest absolute Gasteiger partial charge is 0.496 e. The van der Waals surface area contributed by atoms with Gasteiger partial charge in [0.15, 0.2) is 0 Å². The fourth-order valence-corrected chi connectivity index (χ4v) is 7.07.